The molecule has 0 aliphatic carbocycles. The van der Waals surface area contributed by atoms with Crippen LogP contribution in [0.5, 0.6) is 5.75 Å². The maximum Gasteiger partial charge on any atom is 0.123 e. The fourth-order valence-corrected chi connectivity index (χ4v) is 1.48. The summed E-state index contributed by atoms with van der Waals surface area (Å²) < 4.78 is 10.4. The lowest BCUT2D eigenvalue weighted by Crippen LogP contribution is -1.96. The Morgan fingerprint density at radius 1 is 1.62 bits per heavy atom. The van der Waals surface area contributed by atoms with Gasteiger partial charge in [0.15, 0.2) is 0 Å². The van der Waals surface area contributed by atoms with Gasteiger partial charge in [-0.15, -0.1) is 0 Å². The van der Waals surface area contributed by atoms with E-state index in [9.17, 15) is 0 Å². The molecule has 0 bridgehead atoms. The molecule has 1 saturated heterocycles. The third-order valence-electron chi connectivity index (χ3n) is 2.10. The minimum absolute atomic E-state index is 0.384. The van der Waals surface area contributed by atoms with Gasteiger partial charge in [0.1, 0.15) is 5.75 Å². The van der Waals surface area contributed by atoms with Crippen LogP contribution in [0.3, 0.4) is 0 Å². The number of methoxy groups -OCH3 is 1. The van der Waals surface area contributed by atoms with E-state index in [0.717, 1.165) is 24.3 Å². The summed E-state index contributed by atoms with van der Waals surface area (Å²) in [6, 6.07) is 5.70. The van der Waals surface area contributed by atoms with Gasteiger partial charge in [-0.2, -0.15) is 0 Å². The molecule has 1 aromatic rings. The van der Waals surface area contributed by atoms with Crippen LogP contribution in [0.2, 0.25) is 5.02 Å². The van der Waals surface area contributed by atoms with Gasteiger partial charge in [0.25, 0.3) is 0 Å². The Morgan fingerprint density at radius 3 is 3.00 bits per heavy atom. The molecule has 0 N–H and O–H groups in total. The fraction of sp³-hybridized carbons (Fsp3) is 0.400. The molecular formula is C10H11ClO2. The van der Waals surface area contributed by atoms with Gasteiger partial charge in [-0.25, -0.2) is 0 Å². The van der Waals surface area contributed by atoms with Gasteiger partial charge in [-0.1, -0.05) is 17.7 Å². The second-order valence-corrected chi connectivity index (χ2v) is 3.55. The molecule has 13 heavy (non-hydrogen) atoms. The second kappa shape index (κ2) is 3.56. The van der Waals surface area contributed by atoms with Crippen LogP contribution in [0.1, 0.15) is 5.56 Å². The van der Waals surface area contributed by atoms with Crippen LogP contribution in [-0.4, -0.2) is 19.8 Å². The average Bonchev–Trinajstić information content (AvgIpc) is 2.92. The van der Waals surface area contributed by atoms with E-state index < -0.39 is 0 Å². The molecule has 2 rings (SSSR count). The van der Waals surface area contributed by atoms with E-state index in [4.69, 9.17) is 21.1 Å². The van der Waals surface area contributed by atoms with Crippen molar-refractivity contribution in [1.82, 2.24) is 0 Å². The molecule has 1 atom stereocenters. The molecule has 0 amide bonds. The van der Waals surface area contributed by atoms with Crippen LogP contribution in [0.25, 0.3) is 0 Å². The zero-order chi connectivity index (χ0) is 9.26. The molecule has 2 nitrogen and oxygen atoms in total. The maximum atomic E-state index is 5.84. The van der Waals surface area contributed by atoms with E-state index in [-0.39, 0.29) is 0 Å². The van der Waals surface area contributed by atoms with Gasteiger partial charge < -0.3 is 9.47 Å². The van der Waals surface area contributed by atoms with Crippen molar-refractivity contribution in [2.45, 2.75) is 12.5 Å². The van der Waals surface area contributed by atoms with Gasteiger partial charge >= 0.3 is 0 Å². The molecule has 1 aliphatic rings. The Hall–Kier alpha value is -0.730. The zero-order valence-electron chi connectivity index (χ0n) is 7.42. The minimum Gasteiger partial charge on any atom is -0.496 e. The van der Waals surface area contributed by atoms with Crippen LogP contribution in [0, 0.1) is 0 Å². The summed E-state index contributed by atoms with van der Waals surface area (Å²) in [7, 11) is 1.66. The topological polar surface area (TPSA) is 21.8 Å². The largest absolute Gasteiger partial charge is 0.496 e. The van der Waals surface area contributed by atoms with E-state index in [1.807, 2.05) is 18.2 Å². The van der Waals surface area contributed by atoms with Crippen molar-refractivity contribution < 1.29 is 9.47 Å². The van der Waals surface area contributed by atoms with Crippen LogP contribution in [-0.2, 0) is 11.2 Å². The van der Waals surface area contributed by atoms with Gasteiger partial charge in [0, 0.05) is 11.4 Å². The molecule has 0 spiro atoms. The highest BCUT2D eigenvalue weighted by molar-refractivity contribution is 6.30. The van der Waals surface area contributed by atoms with Crippen LogP contribution >= 0.6 is 11.6 Å². The summed E-state index contributed by atoms with van der Waals surface area (Å²) >= 11 is 5.84. The summed E-state index contributed by atoms with van der Waals surface area (Å²) in [5, 5.41) is 0.706. The average molecular weight is 199 g/mol. The van der Waals surface area contributed by atoms with Crippen molar-refractivity contribution >= 4 is 11.6 Å². The molecule has 1 aromatic carbocycles. The highest BCUT2D eigenvalue weighted by Crippen LogP contribution is 2.27. The lowest BCUT2D eigenvalue weighted by atomic mass is 10.1. The number of hydrogen-bond donors (Lipinski definition) is 0. The lowest BCUT2D eigenvalue weighted by Gasteiger charge is -2.06. The first kappa shape index (κ1) is 8.85. The lowest BCUT2D eigenvalue weighted by molar-refractivity contribution is 0.391. The van der Waals surface area contributed by atoms with Gasteiger partial charge in [-0.3, -0.25) is 0 Å². The number of halogens is 1. The number of benzene rings is 1. The predicted octanol–water partition coefficient (Wildman–Crippen LogP) is 2.29. The van der Waals surface area contributed by atoms with Crippen molar-refractivity contribution in [3.63, 3.8) is 0 Å². The standard InChI is InChI=1S/C10H11ClO2/c1-12-10-5-8(11)3-2-7(10)4-9-6-13-9/h2-3,5,9H,4,6H2,1H3. The number of rotatable bonds is 3. The number of epoxide rings is 1. The van der Waals surface area contributed by atoms with Crippen molar-refractivity contribution in [2.24, 2.45) is 0 Å². The maximum absolute atomic E-state index is 5.84. The molecule has 0 aromatic heterocycles. The smallest absolute Gasteiger partial charge is 0.123 e. The Bertz CT molecular complexity index is 308. The predicted molar refractivity (Wildman–Crippen MR) is 51.4 cm³/mol. The molecule has 0 saturated carbocycles. The Labute approximate surface area is 82.4 Å². The molecular weight excluding hydrogens is 188 g/mol. The van der Waals surface area contributed by atoms with Crippen molar-refractivity contribution in [1.29, 1.82) is 0 Å². The third kappa shape index (κ3) is 2.14. The SMILES string of the molecule is COc1cc(Cl)ccc1CC1CO1. The fourth-order valence-electron chi connectivity index (χ4n) is 1.32. The molecule has 1 unspecified atom stereocenters. The third-order valence-corrected chi connectivity index (χ3v) is 2.33. The summed E-state index contributed by atoms with van der Waals surface area (Å²) in [5.41, 5.74) is 1.16. The van der Waals surface area contributed by atoms with E-state index in [2.05, 4.69) is 0 Å². The Kier molecular flexibility index (Phi) is 2.42. The van der Waals surface area contributed by atoms with Crippen molar-refractivity contribution in [3.05, 3.63) is 28.8 Å². The molecule has 1 heterocycles. The summed E-state index contributed by atoms with van der Waals surface area (Å²) in [6.07, 6.45) is 1.30. The zero-order valence-corrected chi connectivity index (χ0v) is 8.17. The highest BCUT2D eigenvalue weighted by atomic mass is 35.5. The summed E-state index contributed by atoms with van der Waals surface area (Å²) in [6.45, 7) is 0.867. The number of ether oxygens (including phenoxy) is 2. The van der Waals surface area contributed by atoms with E-state index in [1.54, 1.807) is 7.11 Å². The quantitative estimate of drug-likeness (QED) is 0.696. The first-order valence-corrected chi connectivity index (χ1v) is 4.61. The Balaban J connectivity index is 2.21. The van der Waals surface area contributed by atoms with Crippen LogP contribution in [0.4, 0.5) is 0 Å². The van der Waals surface area contributed by atoms with Crippen molar-refractivity contribution in [3.8, 4) is 5.75 Å². The first-order chi connectivity index (χ1) is 6.29. The van der Waals surface area contributed by atoms with E-state index in [0.29, 0.717) is 11.1 Å². The van der Waals surface area contributed by atoms with E-state index >= 15 is 0 Å². The molecule has 70 valence electrons. The van der Waals surface area contributed by atoms with Gasteiger partial charge in [0.05, 0.1) is 19.8 Å². The molecule has 0 radical (unpaired) electrons. The summed E-state index contributed by atoms with van der Waals surface area (Å²) in [4.78, 5) is 0. The van der Waals surface area contributed by atoms with Crippen LogP contribution in [0.15, 0.2) is 18.2 Å². The molecule has 3 heteroatoms. The van der Waals surface area contributed by atoms with Gasteiger partial charge in [0.2, 0.25) is 0 Å². The van der Waals surface area contributed by atoms with Crippen molar-refractivity contribution in [2.75, 3.05) is 13.7 Å². The van der Waals surface area contributed by atoms with E-state index in [1.165, 1.54) is 0 Å². The van der Waals surface area contributed by atoms with Crippen LogP contribution < -0.4 is 4.74 Å². The Morgan fingerprint density at radius 2 is 2.38 bits per heavy atom. The highest BCUT2D eigenvalue weighted by Gasteiger charge is 2.23. The first-order valence-electron chi connectivity index (χ1n) is 4.23. The second-order valence-electron chi connectivity index (χ2n) is 3.12. The molecule has 1 aliphatic heterocycles. The summed E-state index contributed by atoms with van der Waals surface area (Å²) in [5.74, 6) is 0.850. The van der Waals surface area contributed by atoms with Gasteiger partial charge in [-0.05, 0) is 17.7 Å². The minimum atomic E-state index is 0.384. The monoisotopic (exact) mass is 198 g/mol. The number of hydrogen-bond acceptors (Lipinski definition) is 2. The molecule has 1 fully saturated rings. The normalized spacial score (nSPS) is 20.0.